The van der Waals surface area contributed by atoms with Crippen LogP contribution in [0.15, 0.2) is 24.3 Å². The van der Waals surface area contributed by atoms with Crippen LogP contribution >= 0.6 is 0 Å². The molecule has 102 valence electrons. The van der Waals surface area contributed by atoms with Gasteiger partial charge in [-0.15, -0.1) is 0 Å². The molecule has 0 spiro atoms. The Morgan fingerprint density at radius 1 is 1.42 bits per heavy atom. The second-order valence-electron chi connectivity index (χ2n) is 4.47. The molecule has 0 atom stereocenters. The Morgan fingerprint density at radius 2 is 2.21 bits per heavy atom. The van der Waals surface area contributed by atoms with Gasteiger partial charge in [-0.1, -0.05) is 18.2 Å². The number of hydrogen-bond donors (Lipinski definition) is 1. The van der Waals surface area contributed by atoms with Crippen molar-refractivity contribution < 1.29 is 14.3 Å². The third-order valence-corrected chi connectivity index (χ3v) is 3.07. The van der Waals surface area contributed by atoms with Crippen LogP contribution in [0.25, 0.3) is 0 Å². The molecule has 1 heterocycles. The first-order valence-corrected chi connectivity index (χ1v) is 6.41. The normalized spacial score (nSPS) is 14.8. The van der Waals surface area contributed by atoms with Crippen LogP contribution in [0.2, 0.25) is 0 Å². The molecule has 1 aromatic rings. The lowest BCUT2D eigenvalue weighted by molar-refractivity contribution is -0.143. The summed E-state index contributed by atoms with van der Waals surface area (Å²) in [6, 6.07) is 7.55. The highest BCUT2D eigenvalue weighted by Gasteiger charge is 2.26. The highest BCUT2D eigenvalue weighted by molar-refractivity contribution is 5.97. The third-order valence-electron chi connectivity index (χ3n) is 3.07. The van der Waals surface area contributed by atoms with Gasteiger partial charge in [-0.3, -0.25) is 14.5 Å². The van der Waals surface area contributed by atoms with Gasteiger partial charge in [-0.05, 0) is 19.5 Å². The van der Waals surface area contributed by atoms with Crippen LogP contribution in [-0.2, 0) is 16.1 Å². The SMILES string of the molecule is CNCc1ccccc1OCC(=O)N1CCCC1=O. The predicted molar refractivity (Wildman–Crippen MR) is 70.7 cm³/mol. The fraction of sp³-hybridized carbons (Fsp3) is 0.429. The number of nitrogens with zero attached hydrogens (tertiary/aromatic N) is 1. The maximum Gasteiger partial charge on any atom is 0.267 e. The Hall–Kier alpha value is -1.88. The zero-order valence-electron chi connectivity index (χ0n) is 11.0. The van der Waals surface area contributed by atoms with E-state index in [1.54, 1.807) is 0 Å². The largest absolute Gasteiger partial charge is 0.483 e. The Labute approximate surface area is 112 Å². The quantitative estimate of drug-likeness (QED) is 0.857. The number of ether oxygens (including phenoxy) is 1. The lowest BCUT2D eigenvalue weighted by Crippen LogP contribution is -2.35. The Kier molecular flexibility index (Phi) is 4.52. The standard InChI is InChI=1S/C14H18N2O3/c1-15-9-11-5-2-3-6-12(11)19-10-14(18)16-8-4-7-13(16)17/h2-3,5-6,15H,4,7-10H2,1H3. The second kappa shape index (κ2) is 6.33. The molecular formula is C14H18N2O3. The zero-order valence-corrected chi connectivity index (χ0v) is 11.0. The minimum absolute atomic E-state index is 0.0908. The number of benzene rings is 1. The molecule has 1 N–H and O–H groups in total. The van der Waals surface area contributed by atoms with Crippen LogP contribution < -0.4 is 10.1 Å². The molecule has 5 heteroatoms. The highest BCUT2D eigenvalue weighted by atomic mass is 16.5. The van der Waals surface area contributed by atoms with E-state index in [2.05, 4.69) is 5.32 Å². The molecule has 5 nitrogen and oxygen atoms in total. The first kappa shape index (κ1) is 13.5. The molecular weight excluding hydrogens is 244 g/mol. The summed E-state index contributed by atoms with van der Waals surface area (Å²) in [5, 5.41) is 3.04. The summed E-state index contributed by atoms with van der Waals surface area (Å²) < 4.78 is 5.53. The molecule has 2 rings (SSSR count). The van der Waals surface area contributed by atoms with Crippen LogP contribution in [-0.4, -0.2) is 36.9 Å². The minimum Gasteiger partial charge on any atom is -0.483 e. The zero-order chi connectivity index (χ0) is 13.7. The molecule has 1 fully saturated rings. The predicted octanol–water partition coefficient (Wildman–Crippen LogP) is 0.934. The molecule has 0 unspecified atom stereocenters. The van der Waals surface area contributed by atoms with E-state index in [1.165, 1.54) is 4.90 Å². The van der Waals surface area contributed by atoms with Gasteiger partial charge in [0.25, 0.3) is 5.91 Å². The van der Waals surface area contributed by atoms with Crippen molar-refractivity contribution in [3.05, 3.63) is 29.8 Å². The first-order chi connectivity index (χ1) is 9.22. The van der Waals surface area contributed by atoms with E-state index in [0.717, 1.165) is 12.0 Å². The summed E-state index contributed by atoms with van der Waals surface area (Å²) in [4.78, 5) is 24.6. The summed E-state index contributed by atoms with van der Waals surface area (Å²) in [6.07, 6.45) is 1.21. The number of nitrogens with one attached hydrogen (secondary N) is 1. The number of carbonyl (C=O) groups excluding carboxylic acids is 2. The molecule has 2 amide bonds. The van der Waals surface area contributed by atoms with E-state index in [4.69, 9.17) is 4.74 Å². The van der Waals surface area contributed by atoms with Crippen LogP contribution in [0, 0.1) is 0 Å². The molecule has 1 aliphatic rings. The van der Waals surface area contributed by atoms with Gasteiger partial charge in [0.1, 0.15) is 5.75 Å². The molecule has 0 radical (unpaired) electrons. The van der Waals surface area contributed by atoms with Gasteiger partial charge in [-0.2, -0.15) is 0 Å². The van der Waals surface area contributed by atoms with Crippen molar-refractivity contribution in [3.63, 3.8) is 0 Å². The fourth-order valence-electron chi connectivity index (χ4n) is 2.11. The minimum atomic E-state index is -0.262. The van der Waals surface area contributed by atoms with Crippen LogP contribution in [0.4, 0.5) is 0 Å². The third kappa shape index (κ3) is 3.32. The number of carbonyl (C=O) groups is 2. The first-order valence-electron chi connectivity index (χ1n) is 6.41. The highest BCUT2D eigenvalue weighted by Crippen LogP contribution is 2.18. The average Bonchev–Trinajstić information content (AvgIpc) is 2.84. The van der Waals surface area contributed by atoms with Crippen molar-refractivity contribution in [1.29, 1.82) is 0 Å². The molecule has 1 aliphatic heterocycles. The van der Waals surface area contributed by atoms with E-state index in [1.807, 2.05) is 31.3 Å². The van der Waals surface area contributed by atoms with Gasteiger partial charge < -0.3 is 10.1 Å². The van der Waals surface area contributed by atoms with E-state index in [0.29, 0.717) is 25.3 Å². The summed E-state index contributed by atoms with van der Waals surface area (Å²) in [7, 11) is 1.85. The van der Waals surface area contributed by atoms with Crippen molar-refractivity contribution in [2.75, 3.05) is 20.2 Å². The van der Waals surface area contributed by atoms with Gasteiger partial charge in [0, 0.05) is 25.1 Å². The van der Waals surface area contributed by atoms with E-state index >= 15 is 0 Å². The van der Waals surface area contributed by atoms with Crippen molar-refractivity contribution in [1.82, 2.24) is 10.2 Å². The van der Waals surface area contributed by atoms with Crippen molar-refractivity contribution >= 4 is 11.8 Å². The number of para-hydroxylation sites is 1. The van der Waals surface area contributed by atoms with E-state index in [-0.39, 0.29) is 18.4 Å². The molecule has 0 bridgehead atoms. The molecule has 1 aromatic carbocycles. The maximum absolute atomic E-state index is 11.9. The lowest BCUT2D eigenvalue weighted by Gasteiger charge is -2.15. The van der Waals surface area contributed by atoms with Gasteiger partial charge in [0.15, 0.2) is 6.61 Å². The maximum atomic E-state index is 11.9. The van der Waals surface area contributed by atoms with Crippen molar-refractivity contribution in [2.24, 2.45) is 0 Å². The number of likely N-dealkylation sites (tertiary alicyclic amines) is 1. The number of hydrogen-bond acceptors (Lipinski definition) is 4. The van der Waals surface area contributed by atoms with Crippen LogP contribution in [0.1, 0.15) is 18.4 Å². The monoisotopic (exact) mass is 262 g/mol. The Bertz CT molecular complexity index is 474. The summed E-state index contributed by atoms with van der Waals surface area (Å²) in [5.41, 5.74) is 0.991. The van der Waals surface area contributed by atoms with E-state index in [9.17, 15) is 9.59 Å². The molecule has 0 aromatic heterocycles. The molecule has 0 saturated carbocycles. The van der Waals surface area contributed by atoms with Crippen LogP contribution in [0.3, 0.4) is 0 Å². The van der Waals surface area contributed by atoms with Gasteiger partial charge in [-0.25, -0.2) is 0 Å². The smallest absolute Gasteiger partial charge is 0.267 e. The van der Waals surface area contributed by atoms with E-state index < -0.39 is 0 Å². The molecule has 1 saturated heterocycles. The number of imide groups is 1. The fourth-order valence-corrected chi connectivity index (χ4v) is 2.11. The Morgan fingerprint density at radius 3 is 2.89 bits per heavy atom. The van der Waals surface area contributed by atoms with Gasteiger partial charge >= 0.3 is 0 Å². The average molecular weight is 262 g/mol. The number of rotatable bonds is 5. The Balaban J connectivity index is 1.95. The lowest BCUT2D eigenvalue weighted by atomic mass is 10.2. The molecule has 0 aliphatic carbocycles. The summed E-state index contributed by atoms with van der Waals surface area (Å²) >= 11 is 0. The second-order valence-corrected chi connectivity index (χ2v) is 4.47. The van der Waals surface area contributed by atoms with Gasteiger partial charge in [0.05, 0.1) is 0 Å². The topological polar surface area (TPSA) is 58.6 Å². The van der Waals surface area contributed by atoms with Crippen molar-refractivity contribution in [2.45, 2.75) is 19.4 Å². The summed E-state index contributed by atoms with van der Waals surface area (Å²) in [6.45, 7) is 1.10. The van der Waals surface area contributed by atoms with Crippen LogP contribution in [0.5, 0.6) is 5.75 Å². The molecule has 19 heavy (non-hydrogen) atoms. The van der Waals surface area contributed by atoms with Gasteiger partial charge in [0.2, 0.25) is 5.91 Å². The summed E-state index contributed by atoms with van der Waals surface area (Å²) in [5.74, 6) is 0.315. The van der Waals surface area contributed by atoms with Crippen molar-refractivity contribution in [3.8, 4) is 5.75 Å². The number of amides is 2.